The highest BCUT2D eigenvalue weighted by Crippen LogP contribution is 2.37. The van der Waals surface area contributed by atoms with Gasteiger partial charge < -0.3 is 9.80 Å². The lowest BCUT2D eigenvalue weighted by atomic mass is 9.85. The Labute approximate surface area is 163 Å². The van der Waals surface area contributed by atoms with Crippen LogP contribution in [0.3, 0.4) is 0 Å². The van der Waals surface area contributed by atoms with Crippen LogP contribution in [0, 0.1) is 23.1 Å². The smallest absolute Gasteiger partial charge is 0.327 e. The number of hydrogen-bond acceptors (Lipinski definition) is 4. The van der Waals surface area contributed by atoms with Crippen molar-refractivity contribution < 1.29 is 18.8 Å². The Bertz CT molecular complexity index is 869. The quantitative estimate of drug-likeness (QED) is 0.746. The molecule has 8 heteroatoms. The van der Waals surface area contributed by atoms with Crippen molar-refractivity contribution in [1.82, 2.24) is 14.7 Å². The molecule has 148 valence electrons. The number of likely N-dealkylation sites (N-methyl/N-ethyl adjacent to an activating group) is 1. The normalized spacial score (nSPS) is 18.9. The molecule has 2 aliphatic heterocycles. The number of carbonyl (C=O) groups is 3. The Morgan fingerprint density at radius 3 is 2.46 bits per heavy atom. The van der Waals surface area contributed by atoms with Gasteiger partial charge in [0.1, 0.15) is 11.4 Å². The summed E-state index contributed by atoms with van der Waals surface area (Å²) in [5.41, 5.74) is -0.734. The summed E-state index contributed by atoms with van der Waals surface area (Å²) in [6.45, 7) is 4.99. The summed E-state index contributed by atoms with van der Waals surface area (Å²) in [5, 5.41) is 8.98. The van der Waals surface area contributed by atoms with Gasteiger partial charge in [-0.2, -0.15) is 5.26 Å². The predicted molar refractivity (Wildman–Crippen MR) is 98.7 cm³/mol. The molecular formula is C20H23FN4O3. The lowest BCUT2D eigenvalue weighted by molar-refractivity contribution is -0.134. The van der Waals surface area contributed by atoms with Gasteiger partial charge in [0.15, 0.2) is 0 Å². The molecule has 2 aliphatic rings. The number of imide groups is 1. The molecule has 2 fully saturated rings. The molecule has 0 aromatic heterocycles. The zero-order chi connectivity index (χ0) is 20.6. The van der Waals surface area contributed by atoms with Crippen LogP contribution < -0.4 is 0 Å². The lowest BCUT2D eigenvalue weighted by Gasteiger charge is -2.42. The topological polar surface area (TPSA) is 84.7 Å². The minimum absolute atomic E-state index is 0.0816. The Morgan fingerprint density at radius 2 is 1.89 bits per heavy atom. The fraction of sp³-hybridized carbons (Fsp3) is 0.500. The van der Waals surface area contributed by atoms with Gasteiger partial charge in [0.2, 0.25) is 0 Å². The molecule has 4 amide bonds. The first-order chi connectivity index (χ1) is 13.2. The van der Waals surface area contributed by atoms with E-state index in [4.69, 9.17) is 5.26 Å². The van der Waals surface area contributed by atoms with Crippen LogP contribution >= 0.6 is 0 Å². The molecule has 2 heterocycles. The van der Waals surface area contributed by atoms with Crippen molar-refractivity contribution >= 4 is 17.8 Å². The first-order valence-electron chi connectivity index (χ1n) is 9.29. The van der Waals surface area contributed by atoms with E-state index < -0.39 is 11.4 Å². The van der Waals surface area contributed by atoms with Gasteiger partial charge in [-0.05, 0) is 37.0 Å². The molecule has 0 atom stereocenters. The van der Waals surface area contributed by atoms with E-state index in [1.165, 1.54) is 13.1 Å². The molecule has 0 saturated carbocycles. The number of likely N-dealkylation sites (tertiary alicyclic amines) is 1. The number of urea groups is 1. The van der Waals surface area contributed by atoms with E-state index >= 15 is 0 Å². The second kappa shape index (κ2) is 7.23. The maximum Gasteiger partial charge on any atom is 0.327 e. The zero-order valence-electron chi connectivity index (χ0n) is 16.2. The Hall–Kier alpha value is -2.95. The number of halogens is 1. The van der Waals surface area contributed by atoms with Crippen LogP contribution in [-0.4, -0.2) is 64.8 Å². The standard InChI is InChI=1S/C20H23FN4O3/c1-13(2)12-25-19(28)23(3)18(27)20(25)4-6-24(7-5-20)17(26)15-8-14(11-22)9-16(21)10-15/h8-10,13H,4-7,12H2,1-3H3. The number of carbonyl (C=O) groups excluding carboxylic acids is 3. The Balaban J connectivity index is 1.80. The fourth-order valence-electron chi connectivity index (χ4n) is 4.02. The molecule has 2 saturated heterocycles. The highest BCUT2D eigenvalue weighted by molar-refractivity contribution is 6.07. The fourth-order valence-corrected chi connectivity index (χ4v) is 4.02. The minimum atomic E-state index is -0.924. The summed E-state index contributed by atoms with van der Waals surface area (Å²) >= 11 is 0. The maximum absolute atomic E-state index is 13.7. The zero-order valence-corrected chi connectivity index (χ0v) is 16.2. The summed E-state index contributed by atoms with van der Waals surface area (Å²) in [6.07, 6.45) is 0.668. The molecule has 0 radical (unpaired) electrons. The molecule has 0 unspecified atom stereocenters. The van der Waals surface area contributed by atoms with Gasteiger partial charge in [0.05, 0.1) is 11.6 Å². The maximum atomic E-state index is 13.7. The number of hydrogen-bond donors (Lipinski definition) is 0. The number of nitriles is 1. The van der Waals surface area contributed by atoms with Crippen molar-refractivity contribution in [2.75, 3.05) is 26.7 Å². The Morgan fingerprint density at radius 1 is 1.25 bits per heavy atom. The number of piperidine rings is 1. The van der Waals surface area contributed by atoms with Crippen LogP contribution in [-0.2, 0) is 4.79 Å². The third-order valence-corrected chi connectivity index (χ3v) is 5.44. The SMILES string of the molecule is CC(C)CN1C(=O)N(C)C(=O)C12CCN(C(=O)c1cc(F)cc(C#N)c1)CC2. The van der Waals surface area contributed by atoms with Crippen molar-refractivity contribution in [3.8, 4) is 6.07 Å². The molecule has 0 aliphatic carbocycles. The van der Waals surface area contributed by atoms with Crippen molar-refractivity contribution in [3.63, 3.8) is 0 Å². The predicted octanol–water partition coefficient (Wildman–Crippen LogP) is 2.22. The highest BCUT2D eigenvalue weighted by atomic mass is 19.1. The van der Waals surface area contributed by atoms with Crippen LogP contribution in [0.4, 0.5) is 9.18 Å². The molecular weight excluding hydrogens is 363 g/mol. The monoisotopic (exact) mass is 386 g/mol. The van der Waals surface area contributed by atoms with E-state index in [1.54, 1.807) is 9.80 Å². The van der Waals surface area contributed by atoms with E-state index in [9.17, 15) is 18.8 Å². The van der Waals surface area contributed by atoms with Crippen LogP contribution in [0.5, 0.6) is 0 Å². The average molecular weight is 386 g/mol. The van der Waals surface area contributed by atoms with Crippen molar-refractivity contribution in [3.05, 3.63) is 35.1 Å². The van der Waals surface area contributed by atoms with Gasteiger partial charge in [-0.1, -0.05) is 13.8 Å². The van der Waals surface area contributed by atoms with Crippen LogP contribution in [0.2, 0.25) is 0 Å². The van der Waals surface area contributed by atoms with Gasteiger partial charge in [0, 0.05) is 32.2 Å². The molecule has 7 nitrogen and oxygen atoms in total. The van der Waals surface area contributed by atoms with Gasteiger partial charge >= 0.3 is 6.03 Å². The first kappa shape index (κ1) is 19.8. The molecule has 0 bridgehead atoms. The van der Waals surface area contributed by atoms with Crippen LogP contribution in [0.1, 0.15) is 42.6 Å². The van der Waals surface area contributed by atoms with Crippen LogP contribution in [0.15, 0.2) is 18.2 Å². The molecule has 1 aromatic rings. The first-order valence-corrected chi connectivity index (χ1v) is 9.29. The van der Waals surface area contributed by atoms with Crippen molar-refractivity contribution in [1.29, 1.82) is 5.26 Å². The summed E-state index contributed by atoms with van der Waals surface area (Å²) in [7, 11) is 1.49. The summed E-state index contributed by atoms with van der Waals surface area (Å²) in [4.78, 5) is 42.5. The van der Waals surface area contributed by atoms with Gasteiger partial charge in [0.25, 0.3) is 11.8 Å². The number of benzene rings is 1. The largest absolute Gasteiger partial charge is 0.338 e. The number of nitrogens with zero attached hydrogens (tertiary/aromatic N) is 4. The lowest BCUT2D eigenvalue weighted by Crippen LogP contribution is -2.58. The third-order valence-electron chi connectivity index (χ3n) is 5.44. The second-order valence-electron chi connectivity index (χ2n) is 7.82. The highest BCUT2D eigenvalue weighted by Gasteiger charge is 2.57. The molecule has 0 N–H and O–H groups in total. The van der Waals surface area contributed by atoms with Gasteiger partial charge in [-0.3, -0.25) is 14.5 Å². The second-order valence-corrected chi connectivity index (χ2v) is 7.82. The van der Waals surface area contributed by atoms with E-state index in [0.717, 1.165) is 17.0 Å². The van der Waals surface area contributed by atoms with Crippen LogP contribution in [0.25, 0.3) is 0 Å². The molecule has 1 spiro atoms. The van der Waals surface area contributed by atoms with Gasteiger partial charge in [-0.15, -0.1) is 0 Å². The number of amides is 4. The number of rotatable bonds is 3. The van der Waals surface area contributed by atoms with E-state index in [1.807, 2.05) is 19.9 Å². The molecule has 1 aromatic carbocycles. The summed E-state index contributed by atoms with van der Waals surface area (Å²) in [6, 6.07) is 5.08. The third kappa shape index (κ3) is 3.21. The van der Waals surface area contributed by atoms with Crippen molar-refractivity contribution in [2.24, 2.45) is 5.92 Å². The van der Waals surface area contributed by atoms with Crippen molar-refractivity contribution in [2.45, 2.75) is 32.2 Å². The van der Waals surface area contributed by atoms with E-state index in [2.05, 4.69) is 0 Å². The molecule has 3 rings (SSSR count). The minimum Gasteiger partial charge on any atom is -0.338 e. The summed E-state index contributed by atoms with van der Waals surface area (Å²) < 4.78 is 13.7. The summed E-state index contributed by atoms with van der Waals surface area (Å²) in [5.74, 6) is -1.05. The Kier molecular flexibility index (Phi) is 5.11. The van der Waals surface area contributed by atoms with E-state index in [0.29, 0.717) is 19.4 Å². The molecule has 28 heavy (non-hydrogen) atoms. The average Bonchev–Trinajstić information content (AvgIpc) is 2.83. The van der Waals surface area contributed by atoms with Gasteiger partial charge in [-0.25, -0.2) is 9.18 Å². The van der Waals surface area contributed by atoms with E-state index in [-0.39, 0.29) is 48.0 Å².